The van der Waals surface area contributed by atoms with E-state index in [0.29, 0.717) is 37.5 Å². The number of carbonyl (C=O) groups excluding carboxylic acids is 2. The highest BCUT2D eigenvalue weighted by atomic mass is 35.5. The molecule has 0 fully saturated rings. The van der Waals surface area contributed by atoms with Gasteiger partial charge in [-0.05, 0) is 49.6 Å². The maximum absolute atomic E-state index is 12.7. The van der Waals surface area contributed by atoms with Crippen molar-refractivity contribution in [1.82, 2.24) is 5.32 Å². The Labute approximate surface area is 202 Å². The molecule has 0 bridgehead atoms. The Kier molecular flexibility index (Phi) is 7.84. The van der Waals surface area contributed by atoms with Gasteiger partial charge in [-0.25, -0.2) is 0 Å². The number of carbonyl (C=O) groups is 2. The SMILES string of the molecule is CCc1ccc([C@H]2C(C#N)=C(SCC(=O)c3ccc(Cl)c(Cl)c3)NC(C)=C2C(C)=O)cc1. The van der Waals surface area contributed by atoms with Crippen LogP contribution < -0.4 is 5.32 Å². The van der Waals surface area contributed by atoms with Gasteiger partial charge in [0.05, 0.1) is 38.4 Å². The first-order valence-electron chi connectivity index (χ1n) is 10.1. The molecule has 4 nitrogen and oxygen atoms in total. The molecule has 0 aliphatic carbocycles. The van der Waals surface area contributed by atoms with Crippen LogP contribution in [-0.4, -0.2) is 17.3 Å². The number of benzene rings is 2. The summed E-state index contributed by atoms with van der Waals surface area (Å²) in [7, 11) is 0. The highest BCUT2D eigenvalue weighted by Crippen LogP contribution is 2.41. The zero-order chi connectivity index (χ0) is 23.4. The number of rotatable bonds is 7. The average molecular weight is 485 g/mol. The molecule has 0 radical (unpaired) electrons. The van der Waals surface area contributed by atoms with Gasteiger partial charge in [0.1, 0.15) is 0 Å². The minimum absolute atomic E-state index is 0.0942. The first-order valence-corrected chi connectivity index (χ1v) is 11.8. The van der Waals surface area contributed by atoms with Crippen LogP contribution in [-0.2, 0) is 11.2 Å². The van der Waals surface area contributed by atoms with Crippen LogP contribution >= 0.6 is 35.0 Å². The summed E-state index contributed by atoms with van der Waals surface area (Å²) in [6, 6.07) is 15.0. The Bertz CT molecular complexity index is 1180. The van der Waals surface area contributed by atoms with E-state index in [0.717, 1.165) is 12.0 Å². The molecule has 7 heteroatoms. The molecule has 0 saturated carbocycles. The lowest BCUT2D eigenvalue weighted by Crippen LogP contribution is -2.27. The normalized spacial score (nSPS) is 15.9. The number of thioether (sulfide) groups is 1. The van der Waals surface area contributed by atoms with E-state index in [9.17, 15) is 14.9 Å². The molecular weight excluding hydrogens is 463 g/mol. The summed E-state index contributed by atoms with van der Waals surface area (Å²) in [4.78, 5) is 25.2. The lowest BCUT2D eigenvalue weighted by Gasteiger charge is -2.29. The van der Waals surface area contributed by atoms with Gasteiger partial charge in [-0.3, -0.25) is 9.59 Å². The maximum Gasteiger partial charge on any atom is 0.173 e. The number of nitriles is 1. The summed E-state index contributed by atoms with van der Waals surface area (Å²) in [5.41, 5.74) is 4.18. The van der Waals surface area contributed by atoms with Gasteiger partial charge in [-0.1, -0.05) is 66.2 Å². The van der Waals surface area contributed by atoms with E-state index in [4.69, 9.17) is 23.2 Å². The molecule has 164 valence electrons. The van der Waals surface area contributed by atoms with Crippen LogP contribution in [0.25, 0.3) is 0 Å². The van der Waals surface area contributed by atoms with Crippen molar-refractivity contribution in [3.8, 4) is 6.07 Å². The molecule has 3 rings (SSSR count). The number of hydrogen-bond acceptors (Lipinski definition) is 5. The van der Waals surface area contributed by atoms with Crippen molar-refractivity contribution in [3.63, 3.8) is 0 Å². The maximum atomic E-state index is 12.7. The van der Waals surface area contributed by atoms with E-state index in [-0.39, 0.29) is 17.3 Å². The summed E-state index contributed by atoms with van der Waals surface area (Å²) in [5, 5.41) is 14.5. The van der Waals surface area contributed by atoms with Crippen LogP contribution in [0.2, 0.25) is 10.0 Å². The van der Waals surface area contributed by atoms with E-state index >= 15 is 0 Å². The molecule has 2 aromatic carbocycles. The Morgan fingerprint density at radius 1 is 1.12 bits per heavy atom. The third kappa shape index (κ3) is 5.10. The highest BCUT2D eigenvalue weighted by Gasteiger charge is 2.33. The molecule has 0 saturated heterocycles. The zero-order valence-corrected chi connectivity index (χ0v) is 20.3. The average Bonchev–Trinajstić information content (AvgIpc) is 2.78. The summed E-state index contributed by atoms with van der Waals surface area (Å²) in [6.07, 6.45) is 0.903. The van der Waals surface area contributed by atoms with E-state index < -0.39 is 5.92 Å². The number of allylic oxidation sites excluding steroid dienone is 3. The molecule has 0 aromatic heterocycles. The molecule has 0 amide bonds. The van der Waals surface area contributed by atoms with Crippen molar-refractivity contribution >= 4 is 46.5 Å². The fourth-order valence-electron chi connectivity index (χ4n) is 3.66. The summed E-state index contributed by atoms with van der Waals surface area (Å²) in [5.74, 6) is -0.603. The smallest absolute Gasteiger partial charge is 0.173 e. The second kappa shape index (κ2) is 10.4. The van der Waals surface area contributed by atoms with Crippen LogP contribution in [0.15, 0.2) is 64.3 Å². The van der Waals surface area contributed by atoms with Gasteiger partial charge in [0.25, 0.3) is 0 Å². The monoisotopic (exact) mass is 484 g/mol. The number of dihydropyridines is 1. The zero-order valence-electron chi connectivity index (χ0n) is 18.0. The van der Waals surface area contributed by atoms with Crippen LogP contribution in [0.4, 0.5) is 0 Å². The molecule has 0 spiro atoms. The Morgan fingerprint density at radius 3 is 2.38 bits per heavy atom. The second-order valence-electron chi connectivity index (χ2n) is 7.44. The molecule has 1 atom stereocenters. The fourth-order valence-corrected chi connectivity index (χ4v) is 4.95. The van der Waals surface area contributed by atoms with E-state index in [1.807, 2.05) is 31.2 Å². The van der Waals surface area contributed by atoms with Gasteiger partial charge >= 0.3 is 0 Å². The molecule has 2 aromatic rings. The fraction of sp³-hybridized carbons (Fsp3) is 0.240. The van der Waals surface area contributed by atoms with Gasteiger partial charge in [-0.2, -0.15) is 5.26 Å². The molecule has 0 unspecified atom stereocenters. The highest BCUT2D eigenvalue weighted by molar-refractivity contribution is 8.03. The van der Waals surface area contributed by atoms with Crippen molar-refractivity contribution in [1.29, 1.82) is 5.26 Å². The van der Waals surface area contributed by atoms with Crippen molar-refractivity contribution in [2.45, 2.75) is 33.1 Å². The summed E-state index contributed by atoms with van der Waals surface area (Å²) in [6.45, 7) is 5.40. The molecular formula is C25H22Cl2N2O2S. The van der Waals surface area contributed by atoms with Crippen molar-refractivity contribution in [2.24, 2.45) is 0 Å². The Hall–Kier alpha value is -2.52. The van der Waals surface area contributed by atoms with Gasteiger partial charge in [0.15, 0.2) is 11.6 Å². The number of nitrogens with zero attached hydrogens (tertiary/aromatic N) is 1. The summed E-state index contributed by atoms with van der Waals surface area (Å²) >= 11 is 13.2. The second-order valence-corrected chi connectivity index (χ2v) is 9.24. The molecule has 1 heterocycles. The minimum Gasteiger partial charge on any atom is -0.353 e. The first kappa shape index (κ1) is 24.1. The van der Waals surface area contributed by atoms with Crippen LogP contribution in [0.5, 0.6) is 0 Å². The third-order valence-electron chi connectivity index (χ3n) is 5.34. The number of ketones is 2. The van der Waals surface area contributed by atoms with Crippen molar-refractivity contribution in [2.75, 3.05) is 5.75 Å². The predicted molar refractivity (Wildman–Crippen MR) is 131 cm³/mol. The van der Waals surface area contributed by atoms with Crippen LogP contribution in [0.1, 0.15) is 48.2 Å². The standard InChI is InChI=1S/C25H22Cl2N2O2S/c1-4-16-5-7-17(8-6-16)24-19(12-28)25(29-14(2)23(24)15(3)30)32-13-22(31)18-9-10-20(26)21(27)11-18/h5-11,24,29H,4,13H2,1-3H3/t24-/m0/s1. The van der Waals surface area contributed by atoms with E-state index in [1.54, 1.807) is 12.1 Å². The largest absolute Gasteiger partial charge is 0.353 e. The van der Waals surface area contributed by atoms with E-state index in [2.05, 4.69) is 18.3 Å². The topological polar surface area (TPSA) is 70.0 Å². The Morgan fingerprint density at radius 2 is 1.81 bits per heavy atom. The van der Waals surface area contributed by atoms with Crippen LogP contribution in [0.3, 0.4) is 0 Å². The van der Waals surface area contributed by atoms with Crippen molar-refractivity contribution in [3.05, 3.63) is 91.1 Å². The van der Waals surface area contributed by atoms with Crippen molar-refractivity contribution < 1.29 is 9.59 Å². The molecule has 1 aliphatic heterocycles. The van der Waals surface area contributed by atoms with Crippen LogP contribution in [0, 0.1) is 11.3 Å². The lowest BCUT2D eigenvalue weighted by atomic mass is 9.81. The van der Waals surface area contributed by atoms with Gasteiger partial charge in [0, 0.05) is 16.8 Å². The number of aryl methyl sites for hydroxylation is 1. The number of hydrogen-bond donors (Lipinski definition) is 1. The summed E-state index contributed by atoms with van der Waals surface area (Å²) < 4.78 is 0. The molecule has 32 heavy (non-hydrogen) atoms. The quantitative estimate of drug-likeness (QED) is 0.456. The molecule has 1 N–H and O–H groups in total. The first-order chi connectivity index (χ1) is 15.3. The lowest BCUT2D eigenvalue weighted by molar-refractivity contribution is -0.113. The Balaban J connectivity index is 1.94. The number of Topliss-reactive ketones (excluding diaryl/α,β-unsaturated/α-hetero) is 2. The number of halogens is 2. The number of nitrogens with one attached hydrogen (secondary N) is 1. The predicted octanol–water partition coefficient (Wildman–Crippen LogP) is 6.46. The van der Waals surface area contributed by atoms with Gasteiger partial charge < -0.3 is 5.32 Å². The van der Waals surface area contributed by atoms with Gasteiger partial charge in [0.2, 0.25) is 0 Å². The van der Waals surface area contributed by atoms with Gasteiger partial charge in [-0.15, -0.1) is 0 Å². The van der Waals surface area contributed by atoms with E-state index in [1.165, 1.54) is 30.3 Å². The minimum atomic E-state index is -0.479. The molecule has 1 aliphatic rings. The third-order valence-corrected chi connectivity index (χ3v) is 7.09.